The second kappa shape index (κ2) is 3.96. The third-order valence-electron chi connectivity index (χ3n) is 2.58. The predicted molar refractivity (Wildman–Crippen MR) is 62.9 cm³/mol. The Hall–Kier alpha value is -1.69. The molecule has 2 aromatic rings. The molecule has 2 aromatic heterocycles. The average molecular weight is 235 g/mol. The Morgan fingerprint density at radius 2 is 2.12 bits per heavy atom. The standard InChI is InChI=1S/C11H17N5O/c1-11(2,3)8(12)9-14-10(17-15-9)7-5-16(4)6-13-7/h5-6,8H,12H2,1-4H3. The molecule has 0 amide bonds. The number of hydrogen-bond donors (Lipinski definition) is 1. The lowest BCUT2D eigenvalue weighted by molar-refractivity contribution is 0.303. The van der Waals surface area contributed by atoms with E-state index in [4.69, 9.17) is 10.3 Å². The second-order valence-corrected chi connectivity index (χ2v) is 5.23. The highest BCUT2D eigenvalue weighted by Gasteiger charge is 2.27. The van der Waals surface area contributed by atoms with Crippen LogP contribution in [0.1, 0.15) is 32.6 Å². The lowest BCUT2D eigenvalue weighted by Gasteiger charge is -2.23. The van der Waals surface area contributed by atoms with Gasteiger partial charge in [-0.3, -0.25) is 0 Å². The summed E-state index contributed by atoms with van der Waals surface area (Å²) in [5.41, 5.74) is 6.61. The van der Waals surface area contributed by atoms with E-state index in [-0.39, 0.29) is 11.5 Å². The molecule has 92 valence electrons. The van der Waals surface area contributed by atoms with Crippen LogP contribution in [0.4, 0.5) is 0 Å². The first-order valence-electron chi connectivity index (χ1n) is 5.45. The van der Waals surface area contributed by atoms with Crippen molar-refractivity contribution in [3.05, 3.63) is 18.3 Å². The summed E-state index contributed by atoms with van der Waals surface area (Å²) in [7, 11) is 1.88. The lowest BCUT2D eigenvalue weighted by atomic mass is 9.87. The number of hydrogen-bond acceptors (Lipinski definition) is 5. The molecule has 2 N–H and O–H groups in total. The van der Waals surface area contributed by atoms with Crippen LogP contribution in [0.15, 0.2) is 17.0 Å². The fraction of sp³-hybridized carbons (Fsp3) is 0.545. The van der Waals surface area contributed by atoms with E-state index in [2.05, 4.69) is 15.1 Å². The lowest BCUT2D eigenvalue weighted by Crippen LogP contribution is -2.27. The van der Waals surface area contributed by atoms with Crippen molar-refractivity contribution < 1.29 is 4.52 Å². The zero-order chi connectivity index (χ0) is 12.6. The molecule has 17 heavy (non-hydrogen) atoms. The quantitative estimate of drug-likeness (QED) is 0.853. The van der Waals surface area contributed by atoms with Crippen LogP contribution in [0.25, 0.3) is 11.6 Å². The Bertz CT molecular complexity index is 508. The molecular weight excluding hydrogens is 218 g/mol. The fourth-order valence-corrected chi connectivity index (χ4v) is 1.38. The highest BCUT2D eigenvalue weighted by Crippen LogP contribution is 2.29. The van der Waals surface area contributed by atoms with Crippen LogP contribution in [0.3, 0.4) is 0 Å². The summed E-state index contributed by atoms with van der Waals surface area (Å²) in [6.45, 7) is 6.11. The Morgan fingerprint density at radius 3 is 2.65 bits per heavy atom. The molecule has 0 radical (unpaired) electrons. The molecule has 6 nitrogen and oxygen atoms in total. The van der Waals surface area contributed by atoms with Crippen LogP contribution in [0.2, 0.25) is 0 Å². The topological polar surface area (TPSA) is 82.8 Å². The van der Waals surface area contributed by atoms with Gasteiger partial charge >= 0.3 is 0 Å². The Balaban J connectivity index is 2.28. The molecule has 6 heteroatoms. The molecule has 0 aromatic carbocycles. The zero-order valence-electron chi connectivity index (χ0n) is 10.5. The Labute approximate surface area is 99.8 Å². The molecule has 0 saturated heterocycles. The first-order chi connectivity index (χ1) is 7.88. The van der Waals surface area contributed by atoms with Crippen LogP contribution < -0.4 is 5.73 Å². The van der Waals surface area contributed by atoms with Gasteiger partial charge in [-0.15, -0.1) is 0 Å². The number of nitrogens with zero attached hydrogens (tertiary/aromatic N) is 4. The van der Waals surface area contributed by atoms with Crippen molar-refractivity contribution in [2.24, 2.45) is 18.2 Å². The van der Waals surface area contributed by atoms with Gasteiger partial charge in [0.25, 0.3) is 5.89 Å². The van der Waals surface area contributed by atoms with Crippen molar-refractivity contribution in [1.29, 1.82) is 0 Å². The molecule has 0 aliphatic heterocycles. The molecule has 1 unspecified atom stereocenters. The van der Waals surface area contributed by atoms with E-state index in [1.807, 2.05) is 38.6 Å². The maximum atomic E-state index is 6.06. The SMILES string of the molecule is Cn1cnc(-c2nc(C(N)C(C)(C)C)no2)c1. The van der Waals surface area contributed by atoms with Crippen LogP contribution in [0, 0.1) is 5.41 Å². The molecule has 0 aliphatic rings. The number of imidazole rings is 1. The fourth-order valence-electron chi connectivity index (χ4n) is 1.38. The van der Waals surface area contributed by atoms with Crippen molar-refractivity contribution in [3.63, 3.8) is 0 Å². The first kappa shape index (κ1) is 11.8. The third-order valence-corrected chi connectivity index (χ3v) is 2.58. The van der Waals surface area contributed by atoms with E-state index in [9.17, 15) is 0 Å². The molecule has 0 fully saturated rings. The molecule has 2 rings (SSSR count). The molecule has 0 bridgehead atoms. The summed E-state index contributed by atoms with van der Waals surface area (Å²) in [5, 5.41) is 3.91. The van der Waals surface area contributed by atoms with Gasteiger partial charge in [0, 0.05) is 13.2 Å². The molecular formula is C11H17N5O. The van der Waals surface area contributed by atoms with Crippen molar-refractivity contribution in [3.8, 4) is 11.6 Å². The van der Waals surface area contributed by atoms with Crippen LogP contribution >= 0.6 is 0 Å². The van der Waals surface area contributed by atoms with E-state index in [1.54, 1.807) is 6.33 Å². The predicted octanol–water partition coefficient (Wildman–Crippen LogP) is 1.52. The minimum Gasteiger partial charge on any atom is -0.340 e. The largest absolute Gasteiger partial charge is 0.340 e. The summed E-state index contributed by atoms with van der Waals surface area (Å²) >= 11 is 0. The maximum absolute atomic E-state index is 6.06. The van der Waals surface area contributed by atoms with Gasteiger partial charge in [0.15, 0.2) is 5.82 Å². The van der Waals surface area contributed by atoms with Gasteiger partial charge in [0.1, 0.15) is 5.69 Å². The van der Waals surface area contributed by atoms with E-state index < -0.39 is 0 Å². The van der Waals surface area contributed by atoms with Gasteiger partial charge in [-0.2, -0.15) is 4.98 Å². The van der Waals surface area contributed by atoms with Crippen molar-refractivity contribution in [2.75, 3.05) is 0 Å². The van der Waals surface area contributed by atoms with Gasteiger partial charge in [0.05, 0.1) is 12.4 Å². The number of aryl methyl sites for hydroxylation is 1. The Kier molecular flexibility index (Phi) is 2.74. The number of aromatic nitrogens is 4. The van der Waals surface area contributed by atoms with Crippen LogP contribution in [-0.4, -0.2) is 19.7 Å². The van der Waals surface area contributed by atoms with E-state index in [0.29, 0.717) is 17.4 Å². The molecule has 0 aliphatic carbocycles. The van der Waals surface area contributed by atoms with E-state index >= 15 is 0 Å². The van der Waals surface area contributed by atoms with Gasteiger partial charge in [0.2, 0.25) is 0 Å². The second-order valence-electron chi connectivity index (χ2n) is 5.23. The normalized spacial score (nSPS) is 13.9. The molecule has 1 atom stereocenters. The monoisotopic (exact) mass is 235 g/mol. The van der Waals surface area contributed by atoms with Gasteiger partial charge in [-0.1, -0.05) is 25.9 Å². The first-order valence-corrected chi connectivity index (χ1v) is 5.45. The summed E-state index contributed by atoms with van der Waals surface area (Å²) in [4.78, 5) is 8.43. The number of nitrogens with two attached hydrogens (primary N) is 1. The summed E-state index contributed by atoms with van der Waals surface area (Å²) < 4.78 is 6.99. The molecule has 2 heterocycles. The average Bonchev–Trinajstić information content (AvgIpc) is 2.83. The smallest absolute Gasteiger partial charge is 0.278 e. The van der Waals surface area contributed by atoms with Crippen LogP contribution in [0.5, 0.6) is 0 Å². The zero-order valence-corrected chi connectivity index (χ0v) is 10.5. The number of rotatable bonds is 2. The van der Waals surface area contributed by atoms with Gasteiger partial charge in [-0.05, 0) is 5.41 Å². The van der Waals surface area contributed by atoms with Crippen LogP contribution in [-0.2, 0) is 7.05 Å². The van der Waals surface area contributed by atoms with Gasteiger partial charge in [-0.25, -0.2) is 4.98 Å². The molecule has 0 saturated carbocycles. The Morgan fingerprint density at radius 1 is 1.41 bits per heavy atom. The van der Waals surface area contributed by atoms with Gasteiger partial charge < -0.3 is 14.8 Å². The third kappa shape index (κ3) is 2.36. The van der Waals surface area contributed by atoms with Crippen molar-refractivity contribution >= 4 is 0 Å². The maximum Gasteiger partial charge on any atom is 0.278 e. The van der Waals surface area contributed by atoms with E-state index in [0.717, 1.165) is 0 Å². The molecule has 0 spiro atoms. The highest BCUT2D eigenvalue weighted by molar-refractivity contribution is 5.44. The van der Waals surface area contributed by atoms with Crippen molar-refractivity contribution in [1.82, 2.24) is 19.7 Å². The van der Waals surface area contributed by atoms with Crippen molar-refractivity contribution in [2.45, 2.75) is 26.8 Å². The minimum atomic E-state index is -0.260. The summed E-state index contributed by atoms with van der Waals surface area (Å²) in [6.07, 6.45) is 3.50. The highest BCUT2D eigenvalue weighted by atomic mass is 16.5. The summed E-state index contributed by atoms with van der Waals surface area (Å²) in [5.74, 6) is 0.915. The summed E-state index contributed by atoms with van der Waals surface area (Å²) in [6, 6.07) is -0.260. The minimum absolute atomic E-state index is 0.106. The van der Waals surface area contributed by atoms with E-state index in [1.165, 1.54) is 0 Å².